The molecule has 1 N–H and O–H groups in total. The van der Waals surface area contributed by atoms with Crippen LogP contribution in [-0.4, -0.2) is 57.5 Å². The van der Waals surface area contributed by atoms with E-state index in [1.807, 2.05) is 0 Å². The van der Waals surface area contributed by atoms with Crippen LogP contribution in [0.2, 0.25) is 5.02 Å². The van der Waals surface area contributed by atoms with E-state index in [-0.39, 0.29) is 23.0 Å². The Kier molecular flexibility index (Phi) is 8.98. The number of carbonyl (C=O) groups excluding carboxylic acids is 2. The van der Waals surface area contributed by atoms with E-state index >= 15 is 0 Å². The van der Waals surface area contributed by atoms with Crippen molar-refractivity contribution in [3.05, 3.63) is 83.4 Å². The van der Waals surface area contributed by atoms with Crippen molar-refractivity contribution in [3.8, 4) is 11.5 Å². The van der Waals surface area contributed by atoms with E-state index < -0.39 is 28.5 Å². The van der Waals surface area contributed by atoms with Gasteiger partial charge in [0.05, 0.1) is 10.6 Å². The Morgan fingerprint density at radius 1 is 0.974 bits per heavy atom. The normalized spacial score (nSPS) is 13.3. The van der Waals surface area contributed by atoms with Crippen LogP contribution in [0.1, 0.15) is 19.4 Å². The van der Waals surface area contributed by atoms with Gasteiger partial charge in [-0.3, -0.25) is 13.9 Å². The molecule has 0 fully saturated rings. The maximum atomic E-state index is 13.9. The molecule has 2 amide bonds. The first-order valence-electron chi connectivity index (χ1n) is 12.5. The Bertz CT molecular complexity index is 1420. The fourth-order valence-electron chi connectivity index (χ4n) is 4.13. The molecular formula is C28H30ClN3O6S. The van der Waals surface area contributed by atoms with Crippen molar-refractivity contribution >= 4 is 39.1 Å². The van der Waals surface area contributed by atoms with Crippen LogP contribution < -0.4 is 19.1 Å². The third kappa shape index (κ3) is 6.63. The Morgan fingerprint density at radius 2 is 1.64 bits per heavy atom. The first-order chi connectivity index (χ1) is 18.7. The summed E-state index contributed by atoms with van der Waals surface area (Å²) in [6.07, 6.45) is 0. The summed E-state index contributed by atoms with van der Waals surface area (Å²) in [6, 6.07) is 18.6. The standard InChI is InChI=1S/C28H30ClN3O6S/c1-3-30-28(34)20(2)31(18-21-9-11-22(29)12-10-21)27(33)19-32(39(35,36)24-7-5-4-6-8-24)23-13-14-25-26(17-23)38-16-15-37-25/h4-14,17,20H,3,15-16,18-19H2,1-2H3,(H,30,34)/t20-/m0/s1. The van der Waals surface area contributed by atoms with Gasteiger partial charge < -0.3 is 19.7 Å². The molecule has 4 rings (SSSR count). The molecule has 0 saturated carbocycles. The summed E-state index contributed by atoms with van der Waals surface area (Å²) in [7, 11) is -4.17. The summed E-state index contributed by atoms with van der Waals surface area (Å²) in [5, 5.41) is 3.27. The van der Waals surface area contributed by atoms with Crippen LogP contribution in [0.3, 0.4) is 0 Å². The predicted octanol–water partition coefficient (Wildman–Crippen LogP) is 3.86. The first-order valence-corrected chi connectivity index (χ1v) is 14.3. The highest BCUT2D eigenvalue weighted by molar-refractivity contribution is 7.92. The van der Waals surface area contributed by atoms with Gasteiger partial charge in [-0.1, -0.05) is 41.9 Å². The summed E-state index contributed by atoms with van der Waals surface area (Å²) in [6.45, 7) is 4.01. The second-order valence-corrected chi connectivity index (χ2v) is 11.2. The molecule has 0 aliphatic carbocycles. The molecule has 0 bridgehead atoms. The molecule has 0 saturated heterocycles. The van der Waals surface area contributed by atoms with E-state index in [0.717, 1.165) is 9.87 Å². The lowest BCUT2D eigenvalue weighted by atomic mass is 10.1. The van der Waals surface area contributed by atoms with Crippen LogP contribution in [0, 0.1) is 0 Å². The Balaban J connectivity index is 1.73. The number of ether oxygens (including phenoxy) is 2. The molecule has 1 aliphatic heterocycles. The lowest BCUT2D eigenvalue weighted by Gasteiger charge is -2.32. The zero-order valence-corrected chi connectivity index (χ0v) is 23.2. The van der Waals surface area contributed by atoms with Crippen LogP contribution in [0.15, 0.2) is 77.7 Å². The Hall–Kier alpha value is -3.76. The third-order valence-corrected chi connectivity index (χ3v) is 8.25. The molecule has 3 aromatic rings. The second-order valence-electron chi connectivity index (χ2n) is 8.87. The molecule has 0 radical (unpaired) electrons. The molecule has 206 valence electrons. The number of nitrogens with one attached hydrogen (secondary N) is 1. The molecule has 1 heterocycles. The molecule has 3 aromatic carbocycles. The summed E-state index contributed by atoms with van der Waals surface area (Å²) >= 11 is 6.02. The van der Waals surface area contributed by atoms with Gasteiger partial charge in [0.25, 0.3) is 10.0 Å². The van der Waals surface area contributed by atoms with Gasteiger partial charge in [-0.15, -0.1) is 0 Å². The number of sulfonamides is 1. The average Bonchev–Trinajstić information content (AvgIpc) is 2.95. The molecule has 11 heteroatoms. The molecule has 0 spiro atoms. The molecule has 39 heavy (non-hydrogen) atoms. The zero-order chi connectivity index (χ0) is 28.0. The van der Waals surface area contributed by atoms with Gasteiger partial charge in [0.15, 0.2) is 11.5 Å². The predicted molar refractivity (Wildman–Crippen MR) is 149 cm³/mol. The van der Waals surface area contributed by atoms with E-state index in [0.29, 0.717) is 36.3 Å². The minimum Gasteiger partial charge on any atom is -0.486 e. The Labute approximate surface area is 233 Å². The van der Waals surface area contributed by atoms with Crippen molar-refractivity contribution in [3.63, 3.8) is 0 Å². The fourth-order valence-corrected chi connectivity index (χ4v) is 5.68. The van der Waals surface area contributed by atoms with Gasteiger partial charge in [-0.25, -0.2) is 8.42 Å². The number of fused-ring (bicyclic) bond motifs is 1. The number of hydrogen-bond acceptors (Lipinski definition) is 6. The molecule has 9 nitrogen and oxygen atoms in total. The van der Waals surface area contributed by atoms with Crippen molar-refractivity contribution in [1.82, 2.24) is 10.2 Å². The average molecular weight is 572 g/mol. The number of carbonyl (C=O) groups is 2. The van der Waals surface area contributed by atoms with Gasteiger partial charge in [-0.2, -0.15) is 0 Å². The van der Waals surface area contributed by atoms with Crippen molar-refractivity contribution < 1.29 is 27.5 Å². The third-order valence-electron chi connectivity index (χ3n) is 6.21. The van der Waals surface area contributed by atoms with Gasteiger partial charge >= 0.3 is 0 Å². The van der Waals surface area contributed by atoms with Crippen LogP contribution >= 0.6 is 11.6 Å². The summed E-state index contributed by atoms with van der Waals surface area (Å²) in [5.74, 6) is -0.0366. The monoisotopic (exact) mass is 571 g/mol. The topological polar surface area (TPSA) is 105 Å². The van der Waals surface area contributed by atoms with E-state index in [1.54, 1.807) is 74.5 Å². The lowest BCUT2D eigenvalue weighted by molar-refractivity contribution is -0.139. The highest BCUT2D eigenvalue weighted by atomic mass is 35.5. The zero-order valence-electron chi connectivity index (χ0n) is 21.7. The van der Waals surface area contributed by atoms with Crippen molar-refractivity contribution in [2.24, 2.45) is 0 Å². The smallest absolute Gasteiger partial charge is 0.264 e. The van der Waals surface area contributed by atoms with E-state index in [4.69, 9.17) is 21.1 Å². The molecule has 1 atom stereocenters. The van der Waals surface area contributed by atoms with Crippen molar-refractivity contribution in [1.29, 1.82) is 0 Å². The minimum atomic E-state index is -4.17. The number of anilines is 1. The van der Waals surface area contributed by atoms with E-state index in [1.165, 1.54) is 17.0 Å². The second kappa shape index (κ2) is 12.4. The van der Waals surface area contributed by atoms with Crippen molar-refractivity contribution in [2.45, 2.75) is 31.3 Å². The molecule has 1 aliphatic rings. The number of benzene rings is 3. The highest BCUT2D eigenvalue weighted by Gasteiger charge is 2.33. The summed E-state index contributed by atoms with van der Waals surface area (Å²) in [4.78, 5) is 28.0. The summed E-state index contributed by atoms with van der Waals surface area (Å²) in [5.41, 5.74) is 0.967. The van der Waals surface area contributed by atoms with E-state index in [9.17, 15) is 18.0 Å². The number of nitrogens with zero attached hydrogens (tertiary/aromatic N) is 2. The maximum absolute atomic E-state index is 13.9. The number of halogens is 1. The lowest BCUT2D eigenvalue weighted by Crippen LogP contribution is -2.51. The Morgan fingerprint density at radius 3 is 2.31 bits per heavy atom. The first kappa shape index (κ1) is 28.3. The highest BCUT2D eigenvalue weighted by Crippen LogP contribution is 2.36. The van der Waals surface area contributed by atoms with Gasteiger partial charge in [0, 0.05) is 24.2 Å². The van der Waals surface area contributed by atoms with Gasteiger partial charge in [-0.05, 0) is 55.8 Å². The largest absolute Gasteiger partial charge is 0.486 e. The van der Waals surface area contributed by atoms with Gasteiger partial charge in [0.2, 0.25) is 11.8 Å². The summed E-state index contributed by atoms with van der Waals surface area (Å²) < 4.78 is 40.0. The van der Waals surface area contributed by atoms with Gasteiger partial charge in [0.1, 0.15) is 25.8 Å². The molecule has 0 unspecified atom stereocenters. The molecular weight excluding hydrogens is 542 g/mol. The quantitative estimate of drug-likeness (QED) is 0.396. The minimum absolute atomic E-state index is 0.0220. The van der Waals surface area contributed by atoms with Crippen molar-refractivity contribution in [2.75, 3.05) is 30.6 Å². The number of rotatable bonds is 10. The van der Waals surface area contributed by atoms with Crippen LogP contribution in [0.4, 0.5) is 5.69 Å². The van der Waals surface area contributed by atoms with Crippen LogP contribution in [-0.2, 0) is 26.2 Å². The SMILES string of the molecule is CCNC(=O)[C@H](C)N(Cc1ccc(Cl)cc1)C(=O)CN(c1ccc2c(c1)OCCO2)S(=O)(=O)c1ccccc1. The number of amides is 2. The number of hydrogen-bond donors (Lipinski definition) is 1. The fraction of sp³-hybridized carbons (Fsp3) is 0.286. The van der Waals surface area contributed by atoms with Crippen LogP contribution in [0.25, 0.3) is 0 Å². The van der Waals surface area contributed by atoms with E-state index in [2.05, 4.69) is 5.32 Å². The maximum Gasteiger partial charge on any atom is 0.264 e. The number of likely N-dealkylation sites (N-methyl/N-ethyl adjacent to an activating group) is 1. The van der Waals surface area contributed by atoms with Crippen LogP contribution in [0.5, 0.6) is 11.5 Å². The molecule has 0 aromatic heterocycles.